The van der Waals surface area contributed by atoms with Gasteiger partial charge in [-0.1, -0.05) is 36.1 Å². The summed E-state index contributed by atoms with van der Waals surface area (Å²) in [4.78, 5) is 44.5. The van der Waals surface area contributed by atoms with Crippen LogP contribution < -0.4 is 29.1 Å². The molecule has 0 radical (unpaired) electrons. The van der Waals surface area contributed by atoms with Gasteiger partial charge in [-0.25, -0.2) is 14.6 Å². The minimum Gasteiger partial charge on any atom is -0.497 e. The smallest absolute Gasteiger partial charge is 0.379 e. The fraction of sp³-hybridized carbons (Fsp3) is 0.161. The molecule has 1 aliphatic heterocycles. The molecule has 0 bridgehead atoms. The second-order valence-corrected chi connectivity index (χ2v) is 10.0. The third-order valence-corrected chi connectivity index (χ3v) is 7.41. The standard InChI is InChI=1S/C31H26N2O8S/c1-5-14-40-30(36)26-18(2)32-31-33(28(34)25(42-31)16-20-10-13-22(37-3)17-24(20)38-4)27(26)19-8-11-21(12-9-19)41-29(35)23-7-6-15-39-23/h5-13,15-17,27H,1,14H2,2-4H3/b25-16+/t27-/m1/s1. The summed E-state index contributed by atoms with van der Waals surface area (Å²) < 4.78 is 28.5. The SMILES string of the molecule is C=CCOC(=O)C1=C(C)N=c2s/c(=C/c3ccc(OC)cc3OC)c(=O)n2[C@@H]1c1ccc(OC(=O)c2ccco2)cc1. The van der Waals surface area contributed by atoms with Crippen molar-refractivity contribution < 1.29 is 33.0 Å². The number of thiazole rings is 1. The normalized spacial score (nSPS) is 14.5. The molecule has 0 fully saturated rings. The van der Waals surface area contributed by atoms with Crippen molar-refractivity contribution in [1.29, 1.82) is 0 Å². The first kappa shape index (κ1) is 28.4. The fourth-order valence-electron chi connectivity index (χ4n) is 4.46. The van der Waals surface area contributed by atoms with Gasteiger partial charge in [0.25, 0.3) is 5.56 Å². The van der Waals surface area contributed by atoms with Gasteiger partial charge in [0, 0.05) is 11.6 Å². The number of rotatable bonds is 9. The van der Waals surface area contributed by atoms with Gasteiger partial charge in [-0.05, 0) is 55.0 Å². The summed E-state index contributed by atoms with van der Waals surface area (Å²) in [6, 6.07) is 14.0. The number of methoxy groups -OCH3 is 2. The van der Waals surface area contributed by atoms with Gasteiger partial charge >= 0.3 is 11.9 Å². The van der Waals surface area contributed by atoms with Gasteiger partial charge in [-0.15, -0.1) is 0 Å². The Bertz CT molecular complexity index is 1860. The average molecular weight is 587 g/mol. The van der Waals surface area contributed by atoms with Crippen LogP contribution in [0.4, 0.5) is 0 Å². The number of furan rings is 1. The van der Waals surface area contributed by atoms with Gasteiger partial charge in [-0.3, -0.25) is 9.36 Å². The molecule has 1 atom stereocenters. The van der Waals surface area contributed by atoms with Crippen LogP contribution in [0.1, 0.15) is 34.6 Å². The van der Waals surface area contributed by atoms with Gasteiger partial charge in [0.2, 0.25) is 5.76 Å². The van der Waals surface area contributed by atoms with Crippen LogP contribution in [0.5, 0.6) is 17.2 Å². The van der Waals surface area contributed by atoms with E-state index in [0.717, 1.165) is 0 Å². The molecule has 10 nitrogen and oxygen atoms in total. The van der Waals surface area contributed by atoms with E-state index in [9.17, 15) is 14.4 Å². The number of nitrogens with zero attached hydrogens (tertiary/aromatic N) is 2. The van der Waals surface area contributed by atoms with Gasteiger partial charge in [0.1, 0.15) is 23.9 Å². The molecule has 0 amide bonds. The molecule has 0 saturated carbocycles. The number of allylic oxidation sites excluding steroid dienone is 1. The van der Waals surface area contributed by atoms with Crippen LogP contribution in [0.15, 0.2) is 99.0 Å². The quantitative estimate of drug-likeness (QED) is 0.165. The number of benzene rings is 2. The number of esters is 2. The Morgan fingerprint density at radius 3 is 2.50 bits per heavy atom. The first-order valence-electron chi connectivity index (χ1n) is 12.7. The highest BCUT2D eigenvalue weighted by molar-refractivity contribution is 7.07. The Labute approximate surface area is 244 Å². The number of carbonyl (C=O) groups is 2. The first-order chi connectivity index (χ1) is 20.3. The zero-order chi connectivity index (χ0) is 29.8. The molecule has 3 heterocycles. The number of fused-ring (bicyclic) bond motifs is 1. The number of ether oxygens (including phenoxy) is 4. The lowest BCUT2D eigenvalue weighted by Gasteiger charge is -2.24. The monoisotopic (exact) mass is 586 g/mol. The Morgan fingerprint density at radius 2 is 1.83 bits per heavy atom. The second-order valence-electron chi connectivity index (χ2n) is 9.01. The molecule has 0 saturated heterocycles. The van der Waals surface area contributed by atoms with E-state index < -0.39 is 18.0 Å². The maximum atomic E-state index is 13.9. The van der Waals surface area contributed by atoms with Crippen LogP contribution in [-0.4, -0.2) is 37.3 Å². The van der Waals surface area contributed by atoms with Crippen molar-refractivity contribution in [3.8, 4) is 17.2 Å². The fourth-order valence-corrected chi connectivity index (χ4v) is 5.50. The van der Waals surface area contributed by atoms with Crippen molar-refractivity contribution in [1.82, 2.24) is 4.57 Å². The van der Waals surface area contributed by atoms with Crippen LogP contribution in [0, 0.1) is 0 Å². The van der Waals surface area contributed by atoms with E-state index in [-0.39, 0.29) is 29.2 Å². The maximum Gasteiger partial charge on any atom is 0.379 e. The van der Waals surface area contributed by atoms with Crippen molar-refractivity contribution >= 4 is 29.4 Å². The molecule has 2 aromatic carbocycles. The van der Waals surface area contributed by atoms with E-state index >= 15 is 0 Å². The van der Waals surface area contributed by atoms with E-state index in [1.807, 2.05) is 0 Å². The zero-order valence-electron chi connectivity index (χ0n) is 23.0. The second kappa shape index (κ2) is 12.1. The van der Waals surface area contributed by atoms with Crippen LogP contribution >= 0.6 is 11.3 Å². The lowest BCUT2D eigenvalue weighted by Crippen LogP contribution is -2.39. The lowest BCUT2D eigenvalue weighted by atomic mass is 9.96. The minimum atomic E-state index is -0.853. The van der Waals surface area contributed by atoms with Crippen LogP contribution in [-0.2, 0) is 9.53 Å². The van der Waals surface area contributed by atoms with Gasteiger partial charge in [0.05, 0.1) is 42.3 Å². The topological polar surface area (TPSA) is 119 Å². The highest BCUT2D eigenvalue weighted by Gasteiger charge is 2.33. The van der Waals surface area contributed by atoms with Gasteiger partial charge in [-0.2, -0.15) is 0 Å². The molecule has 2 aromatic heterocycles. The van der Waals surface area contributed by atoms with Crippen LogP contribution in [0.2, 0.25) is 0 Å². The third-order valence-electron chi connectivity index (χ3n) is 6.43. The number of hydrogen-bond donors (Lipinski definition) is 0. The molecule has 42 heavy (non-hydrogen) atoms. The summed E-state index contributed by atoms with van der Waals surface area (Å²) in [5.41, 5.74) is 1.53. The number of aromatic nitrogens is 1. The summed E-state index contributed by atoms with van der Waals surface area (Å²) >= 11 is 1.19. The summed E-state index contributed by atoms with van der Waals surface area (Å²) in [6.45, 7) is 5.29. The summed E-state index contributed by atoms with van der Waals surface area (Å²) in [5.74, 6) is 0.184. The molecule has 0 aliphatic carbocycles. The molecule has 0 unspecified atom stereocenters. The Kier molecular flexibility index (Phi) is 8.21. The Balaban J connectivity index is 1.60. The average Bonchev–Trinajstić information content (AvgIpc) is 3.64. The predicted molar refractivity (Wildman–Crippen MR) is 155 cm³/mol. The number of carbonyl (C=O) groups excluding carboxylic acids is 2. The number of hydrogen-bond acceptors (Lipinski definition) is 10. The zero-order valence-corrected chi connectivity index (χ0v) is 23.8. The van der Waals surface area contributed by atoms with E-state index in [4.69, 9.17) is 23.4 Å². The molecule has 4 aromatic rings. The van der Waals surface area contributed by atoms with Crippen molar-refractivity contribution in [3.05, 3.63) is 121 Å². The Morgan fingerprint density at radius 1 is 1.07 bits per heavy atom. The van der Waals surface area contributed by atoms with Gasteiger partial charge in [0.15, 0.2) is 4.80 Å². The highest BCUT2D eigenvalue weighted by Crippen LogP contribution is 2.32. The molecule has 214 valence electrons. The molecule has 0 N–H and O–H groups in total. The predicted octanol–water partition coefficient (Wildman–Crippen LogP) is 3.79. The van der Waals surface area contributed by atoms with E-state index in [0.29, 0.717) is 37.7 Å². The van der Waals surface area contributed by atoms with E-state index in [1.54, 1.807) is 68.6 Å². The minimum absolute atomic E-state index is 0.00825. The van der Waals surface area contributed by atoms with Crippen molar-refractivity contribution in [2.45, 2.75) is 13.0 Å². The van der Waals surface area contributed by atoms with E-state index in [2.05, 4.69) is 11.6 Å². The van der Waals surface area contributed by atoms with Crippen LogP contribution in [0.3, 0.4) is 0 Å². The Hall–Kier alpha value is -5.16. The first-order valence-corrected chi connectivity index (χ1v) is 13.5. The van der Waals surface area contributed by atoms with Gasteiger partial charge < -0.3 is 23.4 Å². The van der Waals surface area contributed by atoms with Crippen molar-refractivity contribution in [2.75, 3.05) is 20.8 Å². The lowest BCUT2D eigenvalue weighted by molar-refractivity contribution is -0.138. The van der Waals surface area contributed by atoms with Crippen molar-refractivity contribution in [3.63, 3.8) is 0 Å². The summed E-state index contributed by atoms with van der Waals surface area (Å²) in [5, 5.41) is 0. The molecule has 0 spiro atoms. The molecular formula is C31H26N2O8S. The molecular weight excluding hydrogens is 560 g/mol. The molecule has 11 heteroatoms. The summed E-state index contributed by atoms with van der Waals surface area (Å²) in [6.07, 6.45) is 4.55. The largest absolute Gasteiger partial charge is 0.497 e. The highest BCUT2D eigenvalue weighted by atomic mass is 32.1. The summed E-state index contributed by atoms with van der Waals surface area (Å²) in [7, 11) is 3.09. The third kappa shape index (κ3) is 5.54. The van der Waals surface area contributed by atoms with E-state index in [1.165, 1.54) is 41.4 Å². The molecule has 5 rings (SSSR count). The van der Waals surface area contributed by atoms with Crippen LogP contribution in [0.25, 0.3) is 6.08 Å². The van der Waals surface area contributed by atoms with Crippen molar-refractivity contribution in [2.24, 2.45) is 4.99 Å². The molecule has 1 aliphatic rings. The maximum absolute atomic E-state index is 13.9.